The monoisotopic (exact) mass is 299 g/mol. The molecule has 0 aliphatic carbocycles. The van der Waals surface area contributed by atoms with Crippen molar-refractivity contribution in [2.75, 3.05) is 25.5 Å². The molecule has 1 unspecified atom stereocenters. The van der Waals surface area contributed by atoms with Crippen molar-refractivity contribution in [2.24, 2.45) is 0 Å². The molecule has 0 aromatic carbocycles. The molecule has 1 aliphatic rings. The number of pyridine rings is 1. The normalized spacial score (nSPS) is 19.8. The van der Waals surface area contributed by atoms with Crippen LogP contribution in [0.25, 0.3) is 0 Å². The number of sulfonamides is 1. The van der Waals surface area contributed by atoms with E-state index in [-0.39, 0.29) is 11.0 Å². The number of ether oxygens (including phenoxy) is 1. The number of nitrogens with zero attached hydrogens (tertiary/aromatic N) is 1. The van der Waals surface area contributed by atoms with Crippen LogP contribution in [-0.4, -0.2) is 39.7 Å². The van der Waals surface area contributed by atoms with E-state index >= 15 is 0 Å². The van der Waals surface area contributed by atoms with Crippen molar-refractivity contribution in [3.63, 3.8) is 0 Å². The highest BCUT2D eigenvalue weighted by atomic mass is 32.2. The second kappa shape index (κ2) is 7.01. The maximum atomic E-state index is 12.1. The maximum absolute atomic E-state index is 12.1. The first-order chi connectivity index (χ1) is 9.62. The van der Waals surface area contributed by atoms with Crippen molar-refractivity contribution in [3.8, 4) is 0 Å². The number of hydrogen-bond acceptors (Lipinski definition) is 5. The minimum absolute atomic E-state index is 0.177. The fraction of sp³-hybridized carbons (Fsp3) is 0.615. The van der Waals surface area contributed by atoms with Crippen LogP contribution < -0.4 is 10.0 Å². The van der Waals surface area contributed by atoms with Gasteiger partial charge in [0.05, 0.1) is 6.10 Å². The molecule has 6 nitrogen and oxygen atoms in total. The minimum Gasteiger partial charge on any atom is -0.378 e. The molecule has 1 aromatic rings. The van der Waals surface area contributed by atoms with Crippen molar-refractivity contribution >= 4 is 15.8 Å². The third-order valence-electron chi connectivity index (χ3n) is 3.34. The molecule has 0 spiro atoms. The standard InChI is InChI=1S/C13H21N3O3S/c1-14-13-6-5-12(10-15-13)20(17,18)16-8-7-11-4-2-3-9-19-11/h5-6,10-11,16H,2-4,7-9H2,1H3,(H,14,15). The van der Waals surface area contributed by atoms with Gasteiger partial charge in [-0.05, 0) is 37.8 Å². The number of rotatable bonds is 6. The summed E-state index contributed by atoms with van der Waals surface area (Å²) in [6, 6.07) is 3.18. The Bertz CT molecular complexity index is 510. The summed E-state index contributed by atoms with van der Waals surface area (Å²) in [5.41, 5.74) is 0. The average Bonchev–Trinajstić information content (AvgIpc) is 2.48. The van der Waals surface area contributed by atoms with Gasteiger partial charge in [-0.15, -0.1) is 0 Å². The van der Waals surface area contributed by atoms with Crippen LogP contribution in [0.2, 0.25) is 0 Å². The summed E-state index contributed by atoms with van der Waals surface area (Å²) in [6.07, 6.45) is 5.52. The van der Waals surface area contributed by atoms with E-state index in [1.165, 1.54) is 12.3 Å². The highest BCUT2D eigenvalue weighted by Crippen LogP contribution is 2.15. The first-order valence-electron chi connectivity index (χ1n) is 6.87. The Morgan fingerprint density at radius 1 is 1.40 bits per heavy atom. The molecule has 0 bridgehead atoms. The topological polar surface area (TPSA) is 80.3 Å². The van der Waals surface area contributed by atoms with Crippen molar-refractivity contribution in [1.29, 1.82) is 0 Å². The molecular formula is C13H21N3O3S. The summed E-state index contributed by atoms with van der Waals surface area (Å²) < 4.78 is 32.3. The van der Waals surface area contributed by atoms with Gasteiger partial charge in [-0.3, -0.25) is 0 Å². The van der Waals surface area contributed by atoms with Crippen LogP contribution in [0.4, 0.5) is 5.82 Å². The van der Waals surface area contributed by atoms with E-state index in [0.29, 0.717) is 18.8 Å². The lowest BCUT2D eigenvalue weighted by atomic mass is 10.1. The van der Waals surface area contributed by atoms with Crippen LogP contribution in [0.5, 0.6) is 0 Å². The van der Waals surface area contributed by atoms with Gasteiger partial charge in [0.1, 0.15) is 10.7 Å². The Hall–Kier alpha value is -1.18. The molecule has 0 amide bonds. The molecule has 1 fully saturated rings. The van der Waals surface area contributed by atoms with Crippen LogP contribution >= 0.6 is 0 Å². The second-order valence-electron chi connectivity index (χ2n) is 4.80. The highest BCUT2D eigenvalue weighted by Gasteiger charge is 2.17. The van der Waals surface area contributed by atoms with Gasteiger partial charge >= 0.3 is 0 Å². The Morgan fingerprint density at radius 3 is 2.85 bits per heavy atom. The van der Waals surface area contributed by atoms with E-state index in [1.54, 1.807) is 13.1 Å². The van der Waals surface area contributed by atoms with E-state index in [4.69, 9.17) is 4.74 Å². The largest absolute Gasteiger partial charge is 0.378 e. The summed E-state index contributed by atoms with van der Waals surface area (Å²) in [6.45, 7) is 1.17. The highest BCUT2D eigenvalue weighted by molar-refractivity contribution is 7.89. The molecule has 7 heteroatoms. The number of hydrogen-bond donors (Lipinski definition) is 2. The van der Waals surface area contributed by atoms with Crippen molar-refractivity contribution in [2.45, 2.75) is 36.7 Å². The maximum Gasteiger partial charge on any atom is 0.242 e. The SMILES string of the molecule is CNc1ccc(S(=O)(=O)NCCC2CCCCO2)cn1. The minimum atomic E-state index is -3.48. The molecule has 1 saturated heterocycles. The molecule has 1 atom stereocenters. The zero-order chi connectivity index (χ0) is 14.4. The summed E-state index contributed by atoms with van der Waals surface area (Å²) >= 11 is 0. The van der Waals surface area contributed by atoms with Crippen LogP contribution in [0, 0.1) is 0 Å². The molecule has 2 N–H and O–H groups in total. The number of aromatic nitrogens is 1. The van der Waals surface area contributed by atoms with Gasteiger partial charge in [0.25, 0.3) is 0 Å². The van der Waals surface area contributed by atoms with Crippen molar-refractivity contribution in [3.05, 3.63) is 18.3 Å². The van der Waals surface area contributed by atoms with Gasteiger partial charge in [-0.2, -0.15) is 0 Å². The Balaban J connectivity index is 1.86. The number of nitrogens with one attached hydrogen (secondary N) is 2. The van der Waals surface area contributed by atoms with Crippen molar-refractivity contribution in [1.82, 2.24) is 9.71 Å². The van der Waals surface area contributed by atoms with Crippen molar-refractivity contribution < 1.29 is 13.2 Å². The lowest BCUT2D eigenvalue weighted by molar-refractivity contribution is 0.0123. The molecule has 1 aromatic heterocycles. The molecule has 2 heterocycles. The molecule has 20 heavy (non-hydrogen) atoms. The molecule has 1 aliphatic heterocycles. The van der Waals surface area contributed by atoms with Gasteiger partial charge in [-0.25, -0.2) is 18.1 Å². The zero-order valence-corrected chi connectivity index (χ0v) is 12.4. The van der Waals surface area contributed by atoms with Crippen LogP contribution in [-0.2, 0) is 14.8 Å². The number of anilines is 1. The van der Waals surface area contributed by atoms with E-state index in [2.05, 4.69) is 15.0 Å². The summed E-state index contributed by atoms with van der Waals surface area (Å²) in [5.74, 6) is 0.638. The van der Waals surface area contributed by atoms with Gasteiger partial charge in [0.2, 0.25) is 10.0 Å². The summed E-state index contributed by atoms with van der Waals surface area (Å²) in [5, 5.41) is 2.85. The fourth-order valence-electron chi connectivity index (χ4n) is 2.16. The van der Waals surface area contributed by atoms with E-state index < -0.39 is 10.0 Å². The molecule has 0 saturated carbocycles. The first kappa shape index (κ1) is 15.2. The average molecular weight is 299 g/mol. The molecule has 112 valence electrons. The lowest BCUT2D eigenvalue weighted by Gasteiger charge is -2.22. The third-order valence-corrected chi connectivity index (χ3v) is 4.78. The predicted molar refractivity (Wildman–Crippen MR) is 77.2 cm³/mol. The summed E-state index contributed by atoms with van der Waals surface area (Å²) in [4.78, 5) is 4.19. The van der Waals surface area contributed by atoms with Crippen LogP contribution in [0.15, 0.2) is 23.2 Å². The lowest BCUT2D eigenvalue weighted by Crippen LogP contribution is -2.29. The second-order valence-corrected chi connectivity index (χ2v) is 6.57. The third kappa shape index (κ3) is 4.16. The zero-order valence-electron chi connectivity index (χ0n) is 11.6. The van der Waals surface area contributed by atoms with Gasteiger partial charge in [0.15, 0.2) is 0 Å². The first-order valence-corrected chi connectivity index (χ1v) is 8.35. The Kier molecular flexibility index (Phi) is 5.33. The van der Waals surface area contributed by atoms with E-state index in [1.807, 2.05) is 0 Å². The van der Waals surface area contributed by atoms with Gasteiger partial charge in [-0.1, -0.05) is 0 Å². The van der Waals surface area contributed by atoms with Gasteiger partial charge in [0, 0.05) is 26.4 Å². The smallest absolute Gasteiger partial charge is 0.242 e. The van der Waals surface area contributed by atoms with E-state index in [0.717, 1.165) is 25.9 Å². The Labute approximate surface area is 120 Å². The van der Waals surface area contributed by atoms with Crippen LogP contribution in [0.3, 0.4) is 0 Å². The molecular weight excluding hydrogens is 278 g/mol. The summed E-state index contributed by atoms with van der Waals surface area (Å²) in [7, 11) is -1.75. The molecule has 2 rings (SSSR count). The predicted octanol–water partition coefficient (Wildman–Crippen LogP) is 1.36. The van der Waals surface area contributed by atoms with E-state index in [9.17, 15) is 8.42 Å². The Morgan fingerprint density at radius 2 is 2.25 bits per heavy atom. The quantitative estimate of drug-likeness (QED) is 0.829. The van der Waals surface area contributed by atoms with Gasteiger partial charge < -0.3 is 10.1 Å². The molecule has 0 radical (unpaired) electrons. The fourth-order valence-corrected chi connectivity index (χ4v) is 3.15. The van der Waals surface area contributed by atoms with Crippen LogP contribution in [0.1, 0.15) is 25.7 Å².